The van der Waals surface area contributed by atoms with Crippen molar-refractivity contribution in [2.75, 3.05) is 16.8 Å². The summed E-state index contributed by atoms with van der Waals surface area (Å²) >= 11 is 5.29. The number of para-hydroxylation sites is 1. The molecule has 2 N–H and O–H groups in total. The van der Waals surface area contributed by atoms with Crippen LogP contribution in [0.1, 0.15) is 45.2 Å². The summed E-state index contributed by atoms with van der Waals surface area (Å²) in [5.74, 6) is 0. The van der Waals surface area contributed by atoms with Gasteiger partial charge in [0, 0.05) is 23.5 Å². The zero-order valence-corrected chi connectivity index (χ0v) is 17.8. The van der Waals surface area contributed by atoms with Crippen molar-refractivity contribution < 1.29 is 0 Å². The molecule has 4 nitrogen and oxygen atoms in total. The van der Waals surface area contributed by atoms with E-state index in [4.69, 9.17) is 12.2 Å². The Morgan fingerprint density at radius 3 is 2.64 bits per heavy atom. The molecular formula is C23H28N4S. The lowest BCUT2D eigenvalue weighted by atomic mass is 9.88. The highest BCUT2D eigenvalue weighted by atomic mass is 32.1. The van der Waals surface area contributed by atoms with Gasteiger partial charge in [0.1, 0.15) is 0 Å². The second-order valence-electron chi connectivity index (χ2n) is 7.60. The van der Waals surface area contributed by atoms with Gasteiger partial charge in [-0.2, -0.15) is 5.10 Å². The molecule has 28 heavy (non-hydrogen) atoms. The molecule has 2 aromatic carbocycles. The van der Waals surface area contributed by atoms with E-state index in [1.165, 1.54) is 16.8 Å². The summed E-state index contributed by atoms with van der Waals surface area (Å²) in [4.78, 5) is 2.48. The molecule has 0 saturated carbocycles. The van der Waals surface area contributed by atoms with Crippen molar-refractivity contribution in [3.05, 3.63) is 65.7 Å². The van der Waals surface area contributed by atoms with E-state index in [0.717, 1.165) is 24.2 Å². The maximum absolute atomic E-state index is 5.29. The number of anilines is 2. The summed E-state index contributed by atoms with van der Waals surface area (Å²) in [5, 5.41) is 7.85. The normalized spacial score (nSPS) is 15.1. The fraction of sp³-hybridized carbons (Fsp3) is 0.304. The summed E-state index contributed by atoms with van der Waals surface area (Å²) in [7, 11) is 0. The first-order chi connectivity index (χ1) is 13.4. The molecule has 0 amide bonds. The van der Waals surface area contributed by atoms with Gasteiger partial charge in [-0.25, -0.2) is 0 Å². The molecule has 146 valence electrons. The third-order valence-corrected chi connectivity index (χ3v) is 5.05. The molecule has 0 bridgehead atoms. The van der Waals surface area contributed by atoms with Gasteiger partial charge in [0.2, 0.25) is 0 Å². The van der Waals surface area contributed by atoms with Gasteiger partial charge in [0.05, 0.1) is 11.8 Å². The Bertz CT molecular complexity index is 900. The maximum atomic E-state index is 5.29. The lowest BCUT2D eigenvalue weighted by Crippen LogP contribution is -2.45. The van der Waals surface area contributed by atoms with Crippen molar-refractivity contribution in [1.82, 2.24) is 5.43 Å². The average molecular weight is 393 g/mol. The predicted octanol–water partition coefficient (Wildman–Crippen LogP) is 5.42. The van der Waals surface area contributed by atoms with Crippen LogP contribution in [0.5, 0.6) is 0 Å². The smallest absolute Gasteiger partial charge is 0.191 e. The average Bonchev–Trinajstić information content (AvgIpc) is 2.66. The van der Waals surface area contributed by atoms with Crippen LogP contribution >= 0.6 is 12.2 Å². The largest absolute Gasteiger partial charge is 0.362 e. The number of nitrogens with one attached hydrogen (secondary N) is 2. The molecular weight excluding hydrogens is 364 g/mol. The van der Waals surface area contributed by atoms with E-state index in [0.29, 0.717) is 5.11 Å². The van der Waals surface area contributed by atoms with Gasteiger partial charge < -0.3 is 10.2 Å². The molecule has 0 saturated heterocycles. The topological polar surface area (TPSA) is 39.7 Å². The summed E-state index contributed by atoms with van der Waals surface area (Å²) in [5.41, 5.74) is 8.74. The van der Waals surface area contributed by atoms with Crippen LogP contribution in [0.3, 0.4) is 0 Å². The number of hydrogen-bond acceptors (Lipinski definition) is 3. The maximum Gasteiger partial charge on any atom is 0.191 e. The fourth-order valence-corrected chi connectivity index (χ4v) is 3.83. The summed E-state index contributed by atoms with van der Waals surface area (Å²) < 4.78 is 0. The highest BCUT2D eigenvalue weighted by Gasteiger charge is 2.30. The van der Waals surface area contributed by atoms with Crippen LogP contribution in [-0.2, 0) is 0 Å². The molecule has 0 fully saturated rings. The van der Waals surface area contributed by atoms with Gasteiger partial charge in [-0.3, -0.25) is 5.43 Å². The molecule has 0 aliphatic carbocycles. The minimum atomic E-state index is 0.0273. The minimum absolute atomic E-state index is 0.0273. The molecule has 5 heteroatoms. The Morgan fingerprint density at radius 1 is 1.18 bits per heavy atom. The Labute approximate surface area is 173 Å². The van der Waals surface area contributed by atoms with Crippen LogP contribution in [0.4, 0.5) is 11.4 Å². The first-order valence-corrected chi connectivity index (χ1v) is 10.1. The molecule has 0 aromatic heterocycles. The number of thiocarbonyl (C=S) groups is 1. The van der Waals surface area contributed by atoms with Gasteiger partial charge in [0.25, 0.3) is 0 Å². The Balaban J connectivity index is 1.72. The zero-order chi connectivity index (χ0) is 20.1. The third-order valence-electron chi connectivity index (χ3n) is 4.86. The molecule has 0 atom stereocenters. The van der Waals surface area contributed by atoms with Crippen LogP contribution < -0.4 is 15.6 Å². The molecule has 1 aliphatic rings. The minimum Gasteiger partial charge on any atom is -0.362 e. The molecule has 1 aliphatic heterocycles. The molecule has 1 heterocycles. The lowest BCUT2D eigenvalue weighted by molar-refractivity contribution is 0.550. The van der Waals surface area contributed by atoms with E-state index in [-0.39, 0.29) is 5.54 Å². The second-order valence-corrected chi connectivity index (χ2v) is 8.01. The van der Waals surface area contributed by atoms with Crippen molar-refractivity contribution in [3.8, 4) is 0 Å². The van der Waals surface area contributed by atoms with E-state index < -0.39 is 0 Å². The molecule has 0 spiro atoms. The Morgan fingerprint density at radius 2 is 1.93 bits per heavy atom. The fourth-order valence-electron chi connectivity index (χ4n) is 3.66. The Hall–Kier alpha value is -2.66. The van der Waals surface area contributed by atoms with Gasteiger partial charge in [0.15, 0.2) is 5.11 Å². The zero-order valence-electron chi connectivity index (χ0n) is 17.0. The van der Waals surface area contributed by atoms with Crippen molar-refractivity contribution in [1.29, 1.82) is 0 Å². The van der Waals surface area contributed by atoms with Gasteiger partial charge in [-0.1, -0.05) is 37.3 Å². The number of benzene rings is 2. The molecule has 3 rings (SSSR count). The summed E-state index contributed by atoms with van der Waals surface area (Å²) in [6.07, 6.45) is 5.27. The SMILES string of the molecule is CCCN1c2ccc(/C=N/NC(=S)Nc3ccccc3)cc2C(C)=CC1(C)C. The van der Waals surface area contributed by atoms with Crippen molar-refractivity contribution in [3.63, 3.8) is 0 Å². The van der Waals surface area contributed by atoms with Gasteiger partial charge in [-0.15, -0.1) is 0 Å². The van der Waals surface area contributed by atoms with Gasteiger partial charge in [-0.05, 0) is 74.8 Å². The number of allylic oxidation sites excluding steroid dienone is 1. The van der Waals surface area contributed by atoms with E-state index in [9.17, 15) is 0 Å². The summed E-state index contributed by atoms with van der Waals surface area (Å²) in [6.45, 7) is 9.99. The standard InChI is InChI=1S/C23H28N4S/c1-5-13-27-21-12-11-18(14-20(21)17(2)15-23(27,3)4)16-24-26-22(28)25-19-9-7-6-8-10-19/h6-12,14-16H,5,13H2,1-4H3,(H2,25,26,28)/b24-16+. The van der Waals surface area contributed by atoms with E-state index in [1.807, 2.05) is 30.3 Å². The number of rotatable bonds is 5. The highest BCUT2D eigenvalue weighted by molar-refractivity contribution is 7.80. The summed E-state index contributed by atoms with van der Waals surface area (Å²) in [6, 6.07) is 16.3. The molecule has 2 aromatic rings. The number of fused-ring (bicyclic) bond motifs is 1. The second kappa shape index (κ2) is 8.57. The van der Waals surface area contributed by atoms with Crippen LogP contribution in [0.15, 0.2) is 59.7 Å². The lowest BCUT2D eigenvalue weighted by Gasteiger charge is -2.43. The van der Waals surface area contributed by atoms with Gasteiger partial charge >= 0.3 is 0 Å². The van der Waals surface area contributed by atoms with E-state index >= 15 is 0 Å². The molecule has 0 unspecified atom stereocenters. The highest BCUT2D eigenvalue weighted by Crippen LogP contribution is 2.39. The van der Waals surface area contributed by atoms with E-state index in [1.54, 1.807) is 6.21 Å². The number of hydrazone groups is 1. The quantitative estimate of drug-likeness (QED) is 0.405. The van der Waals surface area contributed by atoms with Crippen molar-refractivity contribution >= 4 is 40.5 Å². The van der Waals surface area contributed by atoms with Crippen LogP contribution in [0, 0.1) is 0 Å². The molecule has 0 radical (unpaired) electrons. The third kappa shape index (κ3) is 4.60. The predicted molar refractivity (Wildman–Crippen MR) is 125 cm³/mol. The van der Waals surface area contributed by atoms with Crippen LogP contribution in [0.25, 0.3) is 5.57 Å². The van der Waals surface area contributed by atoms with Crippen molar-refractivity contribution in [2.24, 2.45) is 5.10 Å². The first kappa shape index (κ1) is 20.1. The van der Waals surface area contributed by atoms with Crippen LogP contribution in [0.2, 0.25) is 0 Å². The van der Waals surface area contributed by atoms with Crippen LogP contribution in [-0.4, -0.2) is 23.4 Å². The van der Waals surface area contributed by atoms with E-state index in [2.05, 4.69) is 72.7 Å². The van der Waals surface area contributed by atoms with Crippen molar-refractivity contribution in [2.45, 2.75) is 39.7 Å². The first-order valence-electron chi connectivity index (χ1n) is 9.67. The Kier molecular flexibility index (Phi) is 6.15. The monoisotopic (exact) mass is 392 g/mol. The number of nitrogens with zero attached hydrogens (tertiary/aromatic N) is 2. The number of hydrogen-bond donors (Lipinski definition) is 2.